The van der Waals surface area contributed by atoms with Crippen LogP contribution in [0, 0.1) is 0 Å². The Morgan fingerprint density at radius 1 is 1.17 bits per heavy atom. The fraction of sp³-hybridized carbons (Fsp3) is 0.188. The van der Waals surface area contributed by atoms with E-state index in [9.17, 15) is 4.79 Å². The summed E-state index contributed by atoms with van der Waals surface area (Å²) in [5.74, 6) is 0.574. The summed E-state index contributed by atoms with van der Waals surface area (Å²) < 4.78 is 8.71. The van der Waals surface area contributed by atoms with Crippen molar-refractivity contribution in [2.24, 2.45) is 0 Å². The van der Waals surface area contributed by atoms with Gasteiger partial charge in [0.2, 0.25) is 5.82 Å². The first-order valence-electron chi connectivity index (χ1n) is 7.65. The second-order valence-corrected chi connectivity index (χ2v) is 5.72. The lowest BCUT2D eigenvalue weighted by Crippen LogP contribution is -2.20. The molecule has 5 rings (SSSR count). The monoisotopic (exact) mass is 320 g/mol. The Morgan fingerprint density at radius 3 is 2.96 bits per heavy atom. The van der Waals surface area contributed by atoms with Gasteiger partial charge in [-0.05, 0) is 31.0 Å². The van der Waals surface area contributed by atoms with Crippen molar-refractivity contribution >= 4 is 5.65 Å². The zero-order valence-corrected chi connectivity index (χ0v) is 12.5. The molecule has 0 aliphatic heterocycles. The van der Waals surface area contributed by atoms with Crippen molar-refractivity contribution < 1.29 is 4.52 Å². The van der Waals surface area contributed by atoms with E-state index < -0.39 is 0 Å². The molecule has 1 saturated carbocycles. The molecule has 0 saturated heterocycles. The minimum Gasteiger partial charge on any atom is -0.332 e. The average Bonchev–Trinajstić information content (AvgIpc) is 3.13. The highest BCUT2D eigenvalue weighted by molar-refractivity contribution is 5.58. The van der Waals surface area contributed by atoms with Crippen LogP contribution in [0.3, 0.4) is 0 Å². The molecule has 1 aliphatic carbocycles. The zero-order chi connectivity index (χ0) is 16.1. The van der Waals surface area contributed by atoms with Gasteiger partial charge in [-0.3, -0.25) is 4.79 Å². The van der Waals surface area contributed by atoms with Crippen LogP contribution in [0.5, 0.6) is 0 Å². The summed E-state index contributed by atoms with van der Waals surface area (Å²) in [6.45, 7) is 0. The van der Waals surface area contributed by atoms with Crippen molar-refractivity contribution in [2.45, 2.75) is 18.9 Å². The van der Waals surface area contributed by atoms with Gasteiger partial charge in [0.25, 0.3) is 11.4 Å². The van der Waals surface area contributed by atoms with Crippen LogP contribution >= 0.6 is 0 Å². The van der Waals surface area contributed by atoms with Crippen molar-refractivity contribution in [1.29, 1.82) is 0 Å². The Kier molecular flexibility index (Phi) is 2.66. The maximum absolute atomic E-state index is 12.6. The van der Waals surface area contributed by atoms with Crippen LogP contribution < -0.4 is 5.56 Å². The Bertz CT molecular complexity index is 1100. The fourth-order valence-electron chi connectivity index (χ4n) is 2.75. The van der Waals surface area contributed by atoms with Crippen LogP contribution in [0.15, 0.2) is 52.2 Å². The molecule has 0 unspecified atom stereocenters. The molecule has 4 aromatic rings. The second-order valence-electron chi connectivity index (χ2n) is 5.72. The van der Waals surface area contributed by atoms with Gasteiger partial charge < -0.3 is 9.09 Å². The molecule has 0 radical (unpaired) electrons. The van der Waals surface area contributed by atoms with E-state index in [4.69, 9.17) is 4.52 Å². The second kappa shape index (κ2) is 4.85. The maximum Gasteiger partial charge on any atom is 0.277 e. The number of fused-ring (bicyclic) bond motifs is 1. The Morgan fingerprint density at radius 2 is 2.08 bits per heavy atom. The Hall–Kier alpha value is -3.29. The molecule has 1 aliphatic rings. The number of hydrogen-bond acceptors (Lipinski definition) is 6. The van der Waals surface area contributed by atoms with E-state index in [1.165, 1.54) is 0 Å². The number of hydrogen-bond donors (Lipinski definition) is 0. The Balaban J connectivity index is 1.62. The van der Waals surface area contributed by atoms with Crippen LogP contribution in [0.25, 0.3) is 28.6 Å². The summed E-state index contributed by atoms with van der Waals surface area (Å²) in [6.07, 6.45) is 7.18. The van der Waals surface area contributed by atoms with Gasteiger partial charge >= 0.3 is 0 Å². The van der Waals surface area contributed by atoms with Crippen LogP contribution in [-0.4, -0.2) is 29.3 Å². The highest BCUT2D eigenvalue weighted by Crippen LogP contribution is 2.33. The standard InChI is InChI=1S/C16H12N6O2/c23-16-11(2-1-9-21(16)10-3-4-10)14-19-15(24-20-14)12-5-7-17-13-6-8-18-22(12)13/h1-2,5-10H,3-4H2. The zero-order valence-electron chi connectivity index (χ0n) is 12.5. The summed E-state index contributed by atoms with van der Waals surface area (Å²) >= 11 is 0. The molecule has 24 heavy (non-hydrogen) atoms. The maximum atomic E-state index is 12.6. The van der Waals surface area contributed by atoms with E-state index in [-0.39, 0.29) is 11.4 Å². The average molecular weight is 320 g/mol. The molecule has 0 aromatic carbocycles. The minimum absolute atomic E-state index is 0.0914. The summed E-state index contributed by atoms with van der Waals surface area (Å²) in [5.41, 5.74) is 1.65. The fourth-order valence-corrected chi connectivity index (χ4v) is 2.75. The quantitative estimate of drug-likeness (QED) is 0.573. The van der Waals surface area contributed by atoms with Gasteiger partial charge in [-0.1, -0.05) is 5.16 Å². The molecule has 0 N–H and O–H groups in total. The third-order valence-corrected chi connectivity index (χ3v) is 4.09. The van der Waals surface area contributed by atoms with E-state index in [1.807, 2.05) is 6.07 Å². The van der Waals surface area contributed by atoms with E-state index in [0.717, 1.165) is 12.8 Å². The van der Waals surface area contributed by atoms with Crippen molar-refractivity contribution in [1.82, 2.24) is 29.3 Å². The summed E-state index contributed by atoms with van der Waals surface area (Å²) in [4.78, 5) is 21.2. The van der Waals surface area contributed by atoms with Crippen molar-refractivity contribution in [2.75, 3.05) is 0 Å². The number of rotatable bonds is 3. The first kappa shape index (κ1) is 13.2. The summed E-state index contributed by atoms with van der Waals surface area (Å²) in [5, 5.41) is 8.18. The van der Waals surface area contributed by atoms with Crippen LogP contribution in [0.1, 0.15) is 18.9 Å². The van der Waals surface area contributed by atoms with Crippen LogP contribution in [0.4, 0.5) is 0 Å². The summed E-state index contributed by atoms with van der Waals surface area (Å²) in [6, 6.07) is 7.37. The molecule has 8 heteroatoms. The van der Waals surface area contributed by atoms with Gasteiger partial charge in [-0.2, -0.15) is 10.1 Å². The number of pyridine rings is 1. The molecule has 4 heterocycles. The lowest BCUT2D eigenvalue weighted by Gasteiger charge is -2.03. The normalized spacial score (nSPS) is 14.3. The van der Waals surface area contributed by atoms with Crippen LogP contribution in [0.2, 0.25) is 0 Å². The molecule has 4 aromatic heterocycles. The van der Waals surface area contributed by atoms with E-state index in [2.05, 4.69) is 20.2 Å². The third-order valence-electron chi connectivity index (χ3n) is 4.09. The molecular formula is C16H12N6O2. The molecule has 0 atom stereocenters. The van der Waals surface area contributed by atoms with E-state index in [1.54, 1.807) is 45.9 Å². The van der Waals surface area contributed by atoms with E-state index in [0.29, 0.717) is 28.8 Å². The lowest BCUT2D eigenvalue weighted by molar-refractivity contribution is 0.429. The molecule has 0 bridgehead atoms. The smallest absolute Gasteiger partial charge is 0.277 e. The molecular weight excluding hydrogens is 308 g/mol. The van der Waals surface area contributed by atoms with Crippen molar-refractivity contribution in [3.63, 3.8) is 0 Å². The first-order chi connectivity index (χ1) is 11.8. The molecule has 1 fully saturated rings. The molecule has 0 spiro atoms. The number of aromatic nitrogens is 6. The Labute approximate surface area is 135 Å². The number of nitrogens with zero attached hydrogens (tertiary/aromatic N) is 6. The molecule has 0 amide bonds. The van der Waals surface area contributed by atoms with Crippen molar-refractivity contribution in [3.8, 4) is 23.0 Å². The largest absolute Gasteiger partial charge is 0.332 e. The SMILES string of the molecule is O=c1c(-c2noc(-c3ccnc4ccnn34)n2)cccn1C1CC1. The van der Waals surface area contributed by atoms with Gasteiger partial charge in [0.15, 0.2) is 5.65 Å². The molecule has 118 valence electrons. The van der Waals surface area contributed by atoms with Gasteiger partial charge in [0.05, 0.1) is 11.8 Å². The van der Waals surface area contributed by atoms with Gasteiger partial charge in [0.1, 0.15) is 5.69 Å². The van der Waals surface area contributed by atoms with Gasteiger partial charge in [0, 0.05) is 24.5 Å². The van der Waals surface area contributed by atoms with E-state index >= 15 is 0 Å². The predicted molar refractivity (Wildman–Crippen MR) is 84.2 cm³/mol. The topological polar surface area (TPSA) is 91.1 Å². The van der Waals surface area contributed by atoms with Gasteiger partial charge in [-0.25, -0.2) is 9.50 Å². The summed E-state index contributed by atoms with van der Waals surface area (Å²) in [7, 11) is 0. The highest BCUT2D eigenvalue weighted by atomic mass is 16.5. The highest BCUT2D eigenvalue weighted by Gasteiger charge is 2.26. The van der Waals surface area contributed by atoms with Crippen LogP contribution in [-0.2, 0) is 0 Å². The first-order valence-corrected chi connectivity index (χ1v) is 7.65. The van der Waals surface area contributed by atoms with Crippen molar-refractivity contribution in [3.05, 3.63) is 53.2 Å². The minimum atomic E-state index is -0.0914. The lowest BCUT2D eigenvalue weighted by atomic mass is 10.2. The van der Waals surface area contributed by atoms with Gasteiger partial charge in [-0.15, -0.1) is 0 Å². The predicted octanol–water partition coefficient (Wildman–Crippen LogP) is 1.94. The molecule has 8 nitrogen and oxygen atoms in total. The third kappa shape index (κ3) is 1.96.